The summed E-state index contributed by atoms with van der Waals surface area (Å²) in [5.74, 6) is 1.03. The van der Waals surface area contributed by atoms with Crippen molar-refractivity contribution in [3.8, 4) is 0 Å². The third kappa shape index (κ3) is 3.12. The molecule has 4 rings (SSSR count). The van der Waals surface area contributed by atoms with Crippen LogP contribution in [0.5, 0.6) is 0 Å². The molecule has 0 saturated heterocycles. The van der Waals surface area contributed by atoms with E-state index < -0.39 is 0 Å². The number of hydrogen-bond donors (Lipinski definition) is 1. The lowest BCUT2D eigenvalue weighted by Crippen LogP contribution is -2.28. The van der Waals surface area contributed by atoms with Crippen molar-refractivity contribution in [2.24, 2.45) is 5.92 Å². The first-order valence-electron chi connectivity index (χ1n) is 8.83. The van der Waals surface area contributed by atoms with E-state index in [-0.39, 0.29) is 24.1 Å². The van der Waals surface area contributed by atoms with E-state index in [0.29, 0.717) is 22.6 Å². The maximum absolute atomic E-state index is 12.5. The topological polar surface area (TPSA) is 81.8 Å². The number of amides is 1. The van der Waals surface area contributed by atoms with E-state index in [1.54, 1.807) is 18.2 Å². The molecular weight excluding hydrogens is 330 g/mol. The second kappa shape index (κ2) is 6.40. The predicted molar refractivity (Wildman–Crippen MR) is 99.0 cm³/mol. The highest BCUT2D eigenvalue weighted by Gasteiger charge is 2.31. The molecule has 1 aromatic carbocycles. The molecule has 134 valence electrons. The van der Waals surface area contributed by atoms with Gasteiger partial charge in [-0.15, -0.1) is 0 Å². The second-order valence-corrected chi connectivity index (χ2v) is 6.94. The molecule has 0 aliphatic heterocycles. The number of nitrogens with zero attached hydrogens (tertiary/aromatic N) is 4. The van der Waals surface area contributed by atoms with Crippen molar-refractivity contribution in [1.29, 1.82) is 0 Å². The number of carbonyl (C=O) groups is 1. The molecule has 7 heteroatoms. The van der Waals surface area contributed by atoms with E-state index in [0.717, 1.165) is 5.69 Å². The molecule has 0 spiro atoms. The molecule has 1 fully saturated rings. The fourth-order valence-corrected chi connectivity index (χ4v) is 3.25. The first kappa shape index (κ1) is 16.5. The molecule has 0 bridgehead atoms. The second-order valence-electron chi connectivity index (χ2n) is 6.94. The Morgan fingerprint density at radius 1 is 1.35 bits per heavy atom. The quantitative estimate of drug-likeness (QED) is 0.766. The molecule has 1 aliphatic carbocycles. The van der Waals surface area contributed by atoms with Crippen molar-refractivity contribution in [2.45, 2.75) is 39.3 Å². The zero-order valence-corrected chi connectivity index (χ0v) is 14.8. The van der Waals surface area contributed by atoms with Crippen LogP contribution >= 0.6 is 0 Å². The van der Waals surface area contributed by atoms with Crippen LogP contribution in [0.1, 0.15) is 31.5 Å². The Balaban J connectivity index is 1.55. The molecule has 3 aromatic rings. The van der Waals surface area contributed by atoms with Crippen molar-refractivity contribution in [3.05, 3.63) is 52.7 Å². The van der Waals surface area contributed by atoms with Gasteiger partial charge >= 0.3 is 0 Å². The maximum Gasteiger partial charge on any atom is 0.261 e. The number of benzene rings is 1. The van der Waals surface area contributed by atoms with Gasteiger partial charge in [-0.3, -0.25) is 14.2 Å². The number of aromatic nitrogens is 4. The number of carbonyl (C=O) groups excluding carboxylic acids is 1. The Morgan fingerprint density at radius 3 is 2.88 bits per heavy atom. The van der Waals surface area contributed by atoms with E-state index in [4.69, 9.17) is 0 Å². The van der Waals surface area contributed by atoms with Gasteiger partial charge in [-0.25, -0.2) is 9.67 Å². The van der Waals surface area contributed by atoms with Gasteiger partial charge in [-0.05, 0) is 44.7 Å². The summed E-state index contributed by atoms with van der Waals surface area (Å²) in [5.41, 5.74) is 1.26. The minimum absolute atomic E-state index is 0.0846. The predicted octanol–water partition coefficient (Wildman–Crippen LogP) is 2.51. The van der Waals surface area contributed by atoms with Crippen LogP contribution < -0.4 is 10.9 Å². The Kier molecular flexibility index (Phi) is 4.06. The number of anilines is 1. The minimum atomic E-state index is -0.270. The van der Waals surface area contributed by atoms with Crippen LogP contribution in [0.3, 0.4) is 0 Å². The summed E-state index contributed by atoms with van der Waals surface area (Å²) in [4.78, 5) is 29.3. The van der Waals surface area contributed by atoms with Crippen molar-refractivity contribution in [3.63, 3.8) is 0 Å². The number of fused-ring (bicyclic) bond motifs is 1. The van der Waals surface area contributed by atoms with E-state index >= 15 is 0 Å². The van der Waals surface area contributed by atoms with E-state index in [9.17, 15) is 9.59 Å². The van der Waals surface area contributed by atoms with Crippen molar-refractivity contribution < 1.29 is 4.79 Å². The summed E-state index contributed by atoms with van der Waals surface area (Å²) in [6.07, 6.45) is 3.82. The molecule has 1 saturated carbocycles. The van der Waals surface area contributed by atoms with Crippen molar-refractivity contribution in [2.75, 3.05) is 5.32 Å². The fraction of sp³-hybridized carbons (Fsp3) is 0.368. The summed E-state index contributed by atoms with van der Waals surface area (Å²) in [6, 6.07) is 9.23. The SMILES string of the molecule is Cc1cc(NC(=O)Cn2cnc3ccccc3c2=O)n(C(C)C2CC2)n1. The van der Waals surface area contributed by atoms with Crippen LogP contribution in [0.25, 0.3) is 10.9 Å². The van der Waals surface area contributed by atoms with Crippen molar-refractivity contribution >= 4 is 22.6 Å². The molecule has 1 aliphatic rings. The number of hydrogen-bond acceptors (Lipinski definition) is 4. The molecule has 2 aromatic heterocycles. The largest absolute Gasteiger partial charge is 0.309 e. The van der Waals surface area contributed by atoms with Crippen LogP contribution in [0, 0.1) is 12.8 Å². The normalized spacial score (nSPS) is 15.2. The van der Waals surface area contributed by atoms with E-state index in [2.05, 4.69) is 22.3 Å². The molecule has 2 heterocycles. The summed E-state index contributed by atoms with van der Waals surface area (Å²) in [5, 5.41) is 7.91. The van der Waals surface area contributed by atoms with Gasteiger partial charge in [0.05, 0.1) is 29.0 Å². The van der Waals surface area contributed by atoms with Crippen molar-refractivity contribution in [1.82, 2.24) is 19.3 Å². The maximum atomic E-state index is 12.5. The van der Waals surface area contributed by atoms with Gasteiger partial charge in [0.25, 0.3) is 5.56 Å². The number of para-hydroxylation sites is 1. The highest BCUT2D eigenvalue weighted by atomic mass is 16.2. The van der Waals surface area contributed by atoms with Gasteiger partial charge in [0, 0.05) is 6.07 Å². The lowest BCUT2D eigenvalue weighted by molar-refractivity contribution is -0.116. The van der Waals surface area contributed by atoms with Crippen LogP contribution in [0.4, 0.5) is 5.82 Å². The average molecular weight is 351 g/mol. The summed E-state index contributed by atoms with van der Waals surface area (Å²) >= 11 is 0. The Bertz CT molecular complexity index is 1030. The van der Waals surface area contributed by atoms with Crippen LogP contribution in [-0.2, 0) is 11.3 Å². The standard InChI is InChI=1S/C19H21N5O2/c1-12-9-17(24(22-12)13(2)14-7-8-14)21-18(25)10-23-11-20-16-6-4-3-5-15(16)19(23)26/h3-6,9,11,13-14H,7-8,10H2,1-2H3,(H,21,25). The van der Waals surface area contributed by atoms with E-state index in [1.165, 1.54) is 23.7 Å². The highest BCUT2D eigenvalue weighted by Crippen LogP contribution is 2.40. The van der Waals surface area contributed by atoms with Gasteiger partial charge in [0.2, 0.25) is 5.91 Å². The Morgan fingerprint density at radius 2 is 2.12 bits per heavy atom. The number of rotatable bonds is 5. The van der Waals surface area contributed by atoms with Crippen LogP contribution in [-0.4, -0.2) is 25.2 Å². The summed E-state index contributed by atoms with van der Waals surface area (Å²) < 4.78 is 3.21. The first-order valence-corrected chi connectivity index (χ1v) is 8.83. The molecular formula is C19H21N5O2. The Labute approximate surface area is 150 Å². The summed E-state index contributed by atoms with van der Waals surface area (Å²) in [6.45, 7) is 3.94. The first-order chi connectivity index (χ1) is 12.5. The highest BCUT2D eigenvalue weighted by molar-refractivity contribution is 5.90. The molecule has 1 amide bonds. The fourth-order valence-electron chi connectivity index (χ4n) is 3.25. The molecule has 1 N–H and O–H groups in total. The molecule has 1 atom stereocenters. The van der Waals surface area contributed by atoms with Gasteiger partial charge in [0.1, 0.15) is 12.4 Å². The zero-order valence-electron chi connectivity index (χ0n) is 14.8. The van der Waals surface area contributed by atoms with E-state index in [1.807, 2.05) is 23.7 Å². The third-order valence-electron chi connectivity index (χ3n) is 4.86. The zero-order chi connectivity index (χ0) is 18.3. The molecule has 7 nitrogen and oxygen atoms in total. The van der Waals surface area contributed by atoms with Gasteiger partial charge in [0.15, 0.2) is 0 Å². The Hall–Kier alpha value is -2.96. The molecule has 26 heavy (non-hydrogen) atoms. The minimum Gasteiger partial charge on any atom is -0.309 e. The summed E-state index contributed by atoms with van der Waals surface area (Å²) in [7, 11) is 0. The molecule has 0 radical (unpaired) electrons. The monoisotopic (exact) mass is 351 g/mol. The van der Waals surface area contributed by atoms with Crippen LogP contribution in [0.15, 0.2) is 41.5 Å². The van der Waals surface area contributed by atoms with Gasteiger partial charge in [-0.2, -0.15) is 5.10 Å². The average Bonchev–Trinajstić information content (AvgIpc) is 3.41. The van der Waals surface area contributed by atoms with Crippen LogP contribution in [0.2, 0.25) is 0 Å². The molecule has 1 unspecified atom stereocenters. The lowest BCUT2D eigenvalue weighted by Gasteiger charge is -2.15. The lowest BCUT2D eigenvalue weighted by atomic mass is 10.2. The van der Waals surface area contributed by atoms with Gasteiger partial charge in [-0.1, -0.05) is 12.1 Å². The number of aryl methyl sites for hydroxylation is 1. The van der Waals surface area contributed by atoms with Gasteiger partial charge < -0.3 is 5.32 Å². The number of nitrogens with one attached hydrogen (secondary N) is 1. The third-order valence-corrected chi connectivity index (χ3v) is 4.86. The smallest absolute Gasteiger partial charge is 0.261 e.